The van der Waals surface area contributed by atoms with E-state index in [4.69, 9.17) is 5.11 Å². The van der Waals surface area contributed by atoms with Gasteiger partial charge in [0.15, 0.2) is 0 Å². The Balaban J connectivity index is 2.23. The lowest BCUT2D eigenvalue weighted by Gasteiger charge is -2.07. The molecule has 1 rings (SSSR count). The molecule has 0 aliphatic carbocycles. The lowest BCUT2D eigenvalue weighted by molar-refractivity contribution is 0.167. The summed E-state index contributed by atoms with van der Waals surface area (Å²) in [6.07, 6.45) is 2.98. The van der Waals surface area contributed by atoms with Crippen LogP contribution >= 0.6 is 0 Å². The molecule has 1 atom stereocenters. The van der Waals surface area contributed by atoms with Gasteiger partial charge in [0.1, 0.15) is 0 Å². The van der Waals surface area contributed by atoms with E-state index in [1.54, 1.807) is 4.68 Å². The molecular weight excluding hydrogens is 208 g/mol. The SMILES string of the molecule is CCC(O)CNCc1cn(CCCO)nn1. The fourth-order valence-corrected chi connectivity index (χ4v) is 1.27. The first-order valence-electron chi connectivity index (χ1n) is 5.65. The van der Waals surface area contributed by atoms with Crippen LogP contribution in [-0.2, 0) is 13.1 Å². The van der Waals surface area contributed by atoms with Crippen molar-refractivity contribution in [3.05, 3.63) is 11.9 Å². The summed E-state index contributed by atoms with van der Waals surface area (Å²) < 4.78 is 1.71. The molecule has 0 fully saturated rings. The van der Waals surface area contributed by atoms with Gasteiger partial charge in [-0.3, -0.25) is 4.68 Å². The lowest BCUT2D eigenvalue weighted by atomic mass is 10.3. The Bertz CT molecular complexity index is 290. The fourth-order valence-electron chi connectivity index (χ4n) is 1.27. The summed E-state index contributed by atoms with van der Waals surface area (Å²) >= 11 is 0. The Morgan fingerprint density at radius 1 is 1.56 bits per heavy atom. The third-order valence-corrected chi connectivity index (χ3v) is 2.29. The topological polar surface area (TPSA) is 83.2 Å². The predicted octanol–water partition coefficient (Wildman–Crippen LogP) is -0.479. The van der Waals surface area contributed by atoms with Crippen molar-refractivity contribution in [2.45, 2.75) is 39.0 Å². The molecule has 1 aromatic heterocycles. The first kappa shape index (κ1) is 13.1. The van der Waals surface area contributed by atoms with E-state index in [0.29, 0.717) is 26.1 Å². The number of aromatic nitrogens is 3. The van der Waals surface area contributed by atoms with Crippen LogP contribution < -0.4 is 5.32 Å². The first-order valence-corrected chi connectivity index (χ1v) is 5.65. The average molecular weight is 228 g/mol. The van der Waals surface area contributed by atoms with Crippen molar-refractivity contribution in [2.75, 3.05) is 13.2 Å². The van der Waals surface area contributed by atoms with Crippen LogP contribution in [0.5, 0.6) is 0 Å². The number of aliphatic hydroxyl groups is 2. The normalized spacial score (nSPS) is 12.9. The molecule has 0 aliphatic rings. The fraction of sp³-hybridized carbons (Fsp3) is 0.800. The zero-order valence-corrected chi connectivity index (χ0v) is 9.63. The van der Waals surface area contributed by atoms with Crippen molar-refractivity contribution in [3.8, 4) is 0 Å². The van der Waals surface area contributed by atoms with Crippen LogP contribution in [0.3, 0.4) is 0 Å². The van der Waals surface area contributed by atoms with Crippen molar-refractivity contribution < 1.29 is 10.2 Å². The molecule has 6 heteroatoms. The smallest absolute Gasteiger partial charge is 0.0964 e. The van der Waals surface area contributed by atoms with Crippen LogP contribution in [-0.4, -0.2) is 44.5 Å². The molecule has 92 valence electrons. The number of hydrogen-bond donors (Lipinski definition) is 3. The lowest BCUT2D eigenvalue weighted by Crippen LogP contribution is -2.25. The van der Waals surface area contributed by atoms with E-state index >= 15 is 0 Å². The van der Waals surface area contributed by atoms with Gasteiger partial charge in [0.05, 0.1) is 11.8 Å². The van der Waals surface area contributed by atoms with Crippen LogP contribution in [0.1, 0.15) is 25.5 Å². The van der Waals surface area contributed by atoms with Gasteiger partial charge in [0.2, 0.25) is 0 Å². The third-order valence-electron chi connectivity index (χ3n) is 2.29. The van der Waals surface area contributed by atoms with Crippen LogP contribution in [0, 0.1) is 0 Å². The maximum atomic E-state index is 9.33. The Morgan fingerprint density at radius 3 is 3.06 bits per heavy atom. The summed E-state index contributed by atoms with van der Waals surface area (Å²) in [6, 6.07) is 0. The second kappa shape index (κ2) is 7.32. The van der Waals surface area contributed by atoms with Crippen molar-refractivity contribution in [1.82, 2.24) is 20.3 Å². The number of aryl methyl sites for hydroxylation is 1. The van der Waals surface area contributed by atoms with Crippen LogP contribution in [0.4, 0.5) is 0 Å². The number of aliphatic hydroxyl groups excluding tert-OH is 2. The molecule has 6 nitrogen and oxygen atoms in total. The Labute approximate surface area is 95.3 Å². The number of rotatable bonds is 8. The molecule has 0 amide bonds. The van der Waals surface area contributed by atoms with Gasteiger partial charge in [0.25, 0.3) is 0 Å². The summed E-state index contributed by atoms with van der Waals surface area (Å²) in [5.74, 6) is 0. The molecule has 1 heterocycles. The van der Waals surface area contributed by atoms with Gasteiger partial charge >= 0.3 is 0 Å². The summed E-state index contributed by atoms with van der Waals surface area (Å²) in [6.45, 7) is 3.96. The average Bonchev–Trinajstić information content (AvgIpc) is 2.74. The van der Waals surface area contributed by atoms with Crippen LogP contribution in [0.25, 0.3) is 0 Å². The van der Waals surface area contributed by atoms with E-state index in [1.165, 1.54) is 0 Å². The molecular formula is C10H20N4O2. The monoisotopic (exact) mass is 228 g/mol. The van der Waals surface area contributed by atoms with E-state index in [1.807, 2.05) is 13.1 Å². The predicted molar refractivity (Wildman–Crippen MR) is 59.7 cm³/mol. The third kappa shape index (κ3) is 4.69. The molecule has 16 heavy (non-hydrogen) atoms. The summed E-state index contributed by atoms with van der Waals surface area (Å²) in [4.78, 5) is 0. The van der Waals surface area contributed by atoms with E-state index in [-0.39, 0.29) is 12.7 Å². The first-order chi connectivity index (χ1) is 7.76. The van der Waals surface area contributed by atoms with Crippen LogP contribution in [0.15, 0.2) is 6.20 Å². The van der Waals surface area contributed by atoms with Gasteiger partial charge in [-0.15, -0.1) is 5.10 Å². The highest BCUT2D eigenvalue weighted by Gasteiger charge is 2.02. The molecule has 0 bridgehead atoms. The van der Waals surface area contributed by atoms with Crippen molar-refractivity contribution >= 4 is 0 Å². The number of nitrogens with one attached hydrogen (secondary N) is 1. The zero-order valence-electron chi connectivity index (χ0n) is 9.63. The minimum absolute atomic E-state index is 0.163. The Morgan fingerprint density at radius 2 is 2.38 bits per heavy atom. The summed E-state index contributed by atoms with van der Waals surface area (Å²) in [7, 11) is 0. The maximum Gasteiger partial charge on any atom is 0.0964 e. The van der Waals surface area contributed by atoms with E-state index < -0.39 is 0 Å². The zero-order chi connectivity index (χ0) is 11.8. The van der Waals surface area contributed by atoms with E-state index in [9.17, 15) is 5.11 Å². The molecule has 1 aromatic rings. The van der Waals surface area contributed by atoms with Crippen molar-refractivity contribution in [2.24, 2.45) is 0 Å². The van der Waals surface area contributed by atoms with Crippen molar-refractivity contribution in [1.29, 1.82) is 0 Å². The molecule has 0 spiro atoms. The molecule has 0 aromatic carbocycles. The van der Waals surface area contributed by atoms with Gasteiger partial charge in [-0.2, -0.15) is 0 Å². The Kier molecular flexibility index (Phi) is 5.99. The van der Waals surface area contributed by atoms with Gasteiger partial charge < -0.3 is 15.5 Å². The second-order valence-electron chi connectivity index (χ2n) is 3.74. The molecule has 0 aliphatic heterocycles. The summed E-state index contributed by atoms with van der Waals surface area (Å²) in [5.41, 5.74) is 0.848. The van der Waals surface area contributed by atoms with Gasteiger partial charge in [0, 0.05) is 32.4 Å². The van der Waals surface area contributed by atoms with E-state index in [2.05, 4.69) is 15.6 Å². The minimum atomic E-state index is -0.301. The molecule has 0 radical (unpaired) electrons. The molecule has 1 unspecified atom stereocenters. The minimum Gasteiger partial charge on any atom is -0.396 e. The van der Waals surface area contributed by atoms with Gasteiger partial charge in [-0.25, -0.2) is 0 Å². The summed E-state index contributed by atoms with van der Waals surface area (Å²) in [5, 5.41) is 29.0. The number of nitrogens with zero attached hydrogens (tertiary/aromatic N) is 3. The Hall–Kier alpha value is -0.980. The van der Waals surface area contributed by atoms with Gasteiger partial charge in [-0.1, -0.05) is 12.1 Å². The number of hydrogen-bond acceptors (Lipinski definition) is 5. The largest absolute Gasteiger partial charge is 0.396 e. The maximum absolute atomic E-state index is 9.33. The second-order valence-corrected chi connectivity index (χ2v) is 3.74. The quantitative estimate of drug-likeness (QED) is 0.560. The molecule has 0 saturated carbocycles. The molecule has 3 N–H and O–H groups in total. The van der Waals surface area contributed by atoms with Gasteiger partial charge in [-0.05, 0) is 12.8 Å². The highest BCUT2D eigenvalue weighted by molar-refractivity contribution is 4.91. The molecule has 0 saturated heterocycles. The standard InChI is InChI=1S/C10H20N4O2/c1-2-10(16)7-11-6-9-8-14(13-12-9)4-3-5-15/h8,10-11,15-16H,2-7H2,1H3. The van der Waals surface area contributed by atoms with E-state index in [0.717, 1.165) is 12.1 Å². The van der Waals surface area contributed by atoms with Crippen LogP contribution in [0.2, 0.25) is 0 Å². The highest BCUT2D eigenvalue weighted by Crippen LogP contribution is 1.95. The highest BCUT2D eigenvalue weighted by atomic mass is 16.3. The van der Waals surface area contributed by atoms with Crippen molar-refractivity contribution in [3.63, 3.8) is 0 Å².